The van der Waals surface area contributed by atoms with Gasteiger partial charge in [-0.05, 0) is 50.0 Å². The van der Waals surface area contributed by atoms with Gasteiger partial charge in [0.05, 0.1) is 7.11 Å². The lowest BCUT2D eigenvalue weighted by Crippen LogP contribution is -2.36. The van der Waals surface area contributed by atoms with Crippen LogP contribution in [0.1, 0.15) is 31.2 Å². The Morgan fingerprint density at radius 3 is 3.11 bits per heavy atom. The zero-order valence-corrected chi connectivity index (χ0v) is 11.2. The Morgan fingerprint density at radius 1 is 1.39 bits per heavy atom. The third-order valence-electron chi connectivity index (χ3n) is 3.55. The molecule has 1 fully saturated rings. The van der Waals surface area contributed by atoms with Crippen molar-refractivity contribution in [3.05, 3.63) is 29.8 Å². The molecule has 2 rings (SSSR count). The Hall–Kier alpha value is -1.06. The maximum Gasteiger partial charge on any atom is 0.119 e. The van der Waals surface area contributed by atoms with E-state index in [1.165, 1.54) is 37.8 Å². The van der Waals surface area contributed by atoms with E-state index in [0.717, 1.165) is 24.9 Å². The molecule has 1 aliphatic heterocycles. The number of ether oxygens (including phenoxy) is 1. The van der Waals surface area contributed by atoms with Crippen LogP contribution < -0.4 is 15.4 Å². The number of hydrogen-bond acceptors (Lipinski definition) is 3. The summed E-state index contributed by atoms with van der Waals surface area (Å²) in [7, 11) is 1.71. The van der Waals surface area contributed by atoms with E-state index in [1.807, 2.05) is 12.1 Å². The molecule has 0 bridgehead atoms. The van der Waals surface area contributed by atoms with Gasteiger partial charge in [0.2, 0.25) is 0 Å². The topological polar surface area (TPSA) is 33.3 Å². The largest absolute Gasteiger partial charge is 0.497 e. The van der Waals surface area contributed by atoms with E-state index in [4.69, 9.17) is 4.74 Å². The fourth-order valence-corrected chi connectivity index (χ4v) is 2.46. The van der Waals surface area contributed by atoms with Gasteiger partial charge in [-0.3, -0.25) is 0 Å². The van der Waals surface area contributed by atoms with Crippen LogP contribution in [0.4, 0.5) is 0 Å². The van der Waals surface area contributed by atoms with Crippen LogP contribution in [0.5, 0.6) is 5.75 Å². The van der Waals surface area contributed by atoms with E-state index in [1.54, 1.807) is 7.11 Å². The first kappa shape index (κ1) is 13.4. The summed E-state index contributed by atoms with van der Waals surface area (Å²) >= 11 is 0. The first-order valence-corrected chi connectivity index (χ1v) is 6.95. The predicted molar refractivity (Wildman–Crippen MR) is 75.0 cm³/mol. The summed E-state index contributed by atoms with van der Waals surface area (Å²) < 4.78 is 5.22. The third-order valence-corrected chi connectivity index (χ3v) is 3.55. The van der Waals surface area contributed by atoms with Crippen LogP contribution in [0.3, 0.4) is 0 Å². The Bertz CT molecular complexity index is 348. The molecular formula is C15H24N2O. The SMILES string of the molecule is COc1cccc(CNCCC2CCCCN2)c1. The molecule has 0 amide bonds. The lowest BCUT2D eigenvalue weighted by Gasteiger charge is -2.23. The summed E-state index contributed by atoms with van der Waals surface area (Å²) in [6.07, 6.45) is 5.28. The van der Waals surface area contributed by atoms with Gasteiger partial charge in [-0.15, -0.1) is 0 Å². The van der Waals surface area contributed by atoms with E-state index < -0.39 is 0 Å². The molecule has 0 aliphatic carbocycles. The van der Waals surface area contributed by atoms with Crippen molar-refractivity contribution >= 4 is 0 Å². The van der Waals surface area contributed by atoms with Crippen molar-refractivity contribution < 1.29 is 4.74 Å². The molecule has 1 unspecified atom stereocenters. The smallest absolute Gasteiger partial charge is 0.119 e. The fourth-order valence-electron chi connectivity index (χ4n) is 2.46. The van der Waals surface area contributed by atoms with Gasteiger partial charge in [-0.1, -0.05) is 18.6 Å². The van der Waals surface area contributed by atoms with Gasteiger partial charge in [0.15, 0.2) is 0 Å². The van der Waals surface area contributed by atoms with Crippen molar-refractivity contribution in [3.63, 3.8) is 0 Å². The van der Waals surface area contributed by atoms with E-state index in [9.17, 15) is 0 Å². The van der Waals surface area contributed by atoms with Crippen LogP contribution in [-0.4, -0.2) is 26.2 Å². The zero-order chi connectivity index (χ0) is 12.6. The summed E-state index contributed by atoms with van der Waals surface area (Å²) in [6, 6.07) is 8.96. The molecule has 100 valence electrons. The molecule has 18 heavy (non-hydrogen) atoms. The minimum absolute atomic E-state index is 0.719. The lowest BCUT2D eigenvalue weighted by atomic mass is 10.0. The first-order chi connectivity index (χ1) is 8.88. The number of rotatable bonds is 6. The summed E-state index contributed by atoms with van der Waals surface area (Å²) in [5.41, 5.74) is 1.28. The van der Waals surface area contributed by atoms with Crippen LogP contribution in [-0.2, 0) is 6.54 Å². The van der Waals surface area contributed by atoms with Crippen LogP contribution in [0.25, 0.3) is 0 Å². The molecule has 0 aromatic heterocycles. The second-order valence-electron chi connectivity index (χ2n) is 4.96. The van der Waals surface area contributed by atoms with Crippen LogP contribution in [0, 0.1) is 0 Å². The number of hydrogen-bond donors (Lipinski definition) is 2. The second-order valence-corrected chi connectivity index (χ2v) is 4.96. The van der Waals surface area contributed by atoms with Gasteiger partial charge in [0.1, 0.15) is 5.75 Å². The zero-order valence-electron chi connectivity index (χ0n) is 11.2. The molecule has 3 nitrogen and oxygen atoms in total. The molecule has 0 radical (unpaired) electrons. The molecule has 1 aromatic carbocycles. The van der Waals surface area contributed by atoms with Crippen molar-refractivity contribution in [2.75, 3.05) is 20.2 Å². The van der Waals surface area contributed by atoms with Crippen molar-refractivity contribution in [1.29, 1.82) is 0 Å². The van der Waals surface area contributed by atoms with Gasteiger partial charge < -0.3 is 15.4 Å². The molecule has 1 heterocycles. The van der Waals surface area contributed by atoms with Gasteiger partial charge in [-0.2, -0.15) is 0 Å². The lowest BCUT2D eigenvalue weighted by molar-refractivity contribution is 0.376. The fraction of sp³-hybridized carbons (Fsp3) is 0.600. The van der Waals surface area contributed by atoms with E-state index in [2.05, 4.69) is 22.8 Å². The highest BCUT2D eigenvalue weighted by Crippen LogP contribution is 2.12. The quantitative estimate of drug-likeness (QED) is 0.758. The molecule has 1 aromatic rings. The number of nitrogens with one attached hydrogen (secondary N) is 2. The Labute approximate surface area is 110 Å². The minimum atomic E-state index is 0.719. The first-order valence-electron chi connectivity index (χ1n) is 6.95. The highest BCUT2D eigenvalue weighted by molar-refractivity contribution is 5.28. The third kappa shape index (κ3) is 4.31. The standard InChI is InChI=1S/C15H24N2O/c1-18-15-7-4-5-13(11-15)12-16-10-8-14-6-2-3-9-17-14/h4-5,7,11,14,16-17H,2-3,6,8-10,12H2,1H3. The molecule has 1 atom stereocenters. The monoisotopic (exact) mass is 248 g/mol. The second kappa shape index (κ2) is 7.39. The predicted octanol–water partition coefficient (Wildman–Crippen LogP) is 2.32. The van der Waals surface area contributed by atoms with E-state index >= 15 is 0 Å². The molecule has 1 aliphatic rings. The summed E-state index contributed by atoms with van der Waals surface area (Å²) in [6.45, 7) is 3.19. The van der Waals surface area contributed by atoms with Crippen molar-refractivity contribution in [2.45, 2.75) is 38.3 Å². The molecule has 0 spiro atoms. The highest BCUT2D eigenvalue weighted by Gasteiger charge is 2.11. The summed E-state index contributed by atoms with van der Waals surface area (Å²) in [5.74, 6) is 0.934. The van der Waals surface area contributed by atoms with Crippen LogP contribution >= 0.6 is 0 Å². The van der Waals surface area contributed by atoms with Crippen LogP contribution in [0.2, 0.25) is 0 Å². The van der Waals surface area contributed by atoms with Crippen molar-refractivity contribution in [2.24, 2.45) is 0 Å². The maximum absolute atomic E-state index is 5.22. The molecular weight excluding hydrogens is 224 g/mol. The number of piperidine rings is 1. The minimum Gasteiger partial charge on any atom is -0.497 e. The van der Waals surface area contributed by atoms with Gasteiger partial charge >= 0.3 is 0 Å². The van der Waals surface area contributed by atoms with E-state index in [-0.39, 0.29) is 0 Å². The normalized spacial score (nSPS) is 19.7. The molecule has 1 saturated heterocycles. The molecule has 3 heteroatoms. The van der Waals surface area contributed by atoms with Gasteiger partial charge in [0.25, 0.3) is 0 Å². The molecule has 0 saturated carbocycles. The highest BCUT2D eigenvalue weighted by atomic mass is 16.5. The Morgan fingerprint density at radius 2 is 2.33 bits per heavy atom. The molecule has 2 N–H and O–H groups in total. The van der Waals surface area contributed by atoms with Gasteiger partial charge in [-0.25, -0.2) is 0 Å². The van der Waals surface area contributed by atoms with Crippen molar-refractivity contribution in [3.8, 4) is 5.75 Å². The summed E-state index contributed by atoms with van der Waals surface area (Å²) in [4.78, 5) is 0. The van der Waals surface area contributed by atoms with Gasteiger partial charge in [0, 0.05) is 12.6 Å². The Balaban J connectivity index is 1.65. The van der Waals surface area contributed by atoms with Crippen LogP contribution in [0.15, 0.2) is 24.3 Å². The summed E-state index contributed by atoms with van der Waals surface area (Å²) in [5, 5.41) is 7.08. The number of methoxy groups -OCH3 is 1. The van der Waals surface area contributed by atoms with E-state index in [0.29, 0.717) is 0 Å². The number of benzene rings is 1. The maximum atomic E-state index is 5.22. The van der Waals surface area contributed by atoms with Crippen molar-refractivity contribution in [1.82, 2.24) is 10.6 Å². The average molecular weight is 248 g/mol. The average Bonchev–Trinajstić information content (AvgIpc) is 2.45. The Kier molecular flexibility index (Phi) is 5.49.